The van der Waals surface area contributed by atoms with Gasteiger partial charge in [0.25, 0.3) is 0 Å². The van der Waals surface area contributed by atoms with Gasteiger partial charge in [0.1, 0.15) is 0 Å². The molecule has 0 N–H and O–H groups in total. The van der Waals surface area contributed by atoms with E-state index in [0.717, 1.165) is 23.0 Å². The van der Waals surface area contributed by atoms with Crippen molar-refractivity contribution in [2.75, 3.05) is 27.8 Å². The molecule has 2 atom stereocenters. The van der Waals surface area contributed by atoms with Crippen molar-refractivity contribution in [3.63, 3.8) is 0 Å². The van der Waals surface area contributed by atoms with E-state index in [1.807, 2.05) is 6.07 Å². The Morgan fingerprint density at radius 2 is 2.09 bits per heavy atom. The normalized spacial score (nSPS) is 27.8. The molecule has 1 saturated heterocycles. The van der Waals surface area contributed by atoms with Crippen LogP contribution in [0.15, 0.2) is 28.8 Å². The molecule has 118 valence electrons. The summed E-state index contributed by atoms with van der Waals surface area (Å²) in [5.74, 6) is 1.61. The van der Waals surface area contributed by atoms with Crippen LogP contribution in [0.1, 0.15) is 18.4 Å². The highest BCUT2D eigenvalue weighted by atomic mass is 79.9. The average molecular weight is 366 g/mol. The smallest absolute Gasteiger partial charge is 0.174 e. The first kappa shape index (κ1) is 15.6. The third kappa shape index (κ3) is 2.27. The zero-order valence-electron chi connectivity index (χ0n) is 13.1. The second-order valence-corrected chi connectivity index (χ2v) is 6.84. The van der Waals surface area contributed by atoms with E-state index in [1.54, 1.807) is 20.3 Å². The Morgan fingerprint density at radius 1 is 1.32 bits per heavy atom. The summed E-state index contributed by atoms with van der Waals surface area (Å²) in [6.07, 6.45) is 5.39. The molecule has 0 amide bonds. The van der Waals surface area contributed by atoms with Crippen molar-refractivity contribution in [1.29, 1.82) is 0 Å². The predicted octanol–water partition coefficient (Wildman–Crippen LogP) is 2.94. The van der Waals surface area contributed by atoms with Crippen molar-refractivity contribution in [3.8, 4) is 11.5 Å². The van der Waals surface area contributed by atoms with E-state index in [4.69, 9.17) is 9.47 Å². The van der Waals surface area contributed by atoms with E-state index >= 15 is 0 Å². The maximum atomic E-state index is 11.8. The lowest BCUT2D eigenvalue weighted by atomic mass is 9.69. The summed E-state index contributed by atoms with van der Waals surface area (Å²) in [5.41, 5.74) is 1.03. The maximum Gasteiger partial charge on any atom is 0.174 e. The van der Waals surface area contributed by atoms with Gasteiger partial charge in [-0.2, -0.15) is 0 Å². The molecule has 0 aromatic heterocycles. The Hall–Kier alpha value is -1.33. The molecule has 5 heteroatoms. The van der Waals surface area contributed by atoms with Gasteiger partial charge in [0.15, 0.2) is 17.3 Å². The molecular formula is C17H20BrNO3. The van der Waals surface area contributed by atoms with E-state index < -0.39 is 0 Å². The summed E-state index contributed by atoms with van der Waals surface area (Å²) >= 11 is 3.58. The van der Waals surface area contributed by atoms with Crippen LogP contribution in [0.4, 0.5) is 0 Å². The fraction of sp³-hybridized carbons (Fsp3) is 0.471. The number of fused-ring (bicyclic) bond motifs is 1. The number of halogens is 1. The first-order valence-corrected chi connectivity index (χ1v) is 8.15. The highest BCUT2D eigenvalue weighted by Crippen LogP contribution is 2.48. The average Bonchev–Trinajstić information content (AvgIpc) is 2.84. The van der Waals surface area contributed by atoms with E-state index in [-0.39, 0.29) is 17.2 Å². The zero-order valence-corrected chi connectivity index (χ0v) is 14.6. The number of allylic oxidation sites excluding steroid dienone is 1. The van der Waals surface area contributed by atoms with Gasteiger partial charge in [-0.05, 0) is 59.7 Å². The Morgan fingerprint density at radius 3 is 2.77 bits per heavy atom. The van der Waals surface area contributed by atoms with Crippen LogP contribution in [0, 0.1) is 0 Å². The molecule has 1 aromatic rings. The Labute approximate surface area is 139 Å². The number of hydrogen-bond acceptors (Lipinski definition) is 4. The summed E-state index contributed by atoms with van der Waals surface area (Å²) in [6, 6.07) is 4.33. The first-order chi connectivity index (χ1) is 10.5. The van der Waals surface area contributed by atoms with Gasteiger partial charge in [-0.3, -0.25) is 4.79 Å². The van der Waals surface area contributed by atoms with E-state index in [2.05, 4.69) is 40.0 Å². The van der Waals surface area contributed by atoms with Crippen molar-refractivity contribution < 1.29 is 14.3 Å². The van der Waals surface area contributed by atoms with Gasteiger partial charge in [-0.1, -0.05) is 6.08 Å². The van der Waals surface area contributed by atoms with Crippen LogP contribution in [0.3, 0.4) is 0 Å². The van der Waals surface area contributed by atoms with Crippen molar-refractivity contribution >= 4 is 21.7 Å². The lowest BCUT2D eigenvalue weighted by Gasteiger charge is -2.37. The molecule has 2 aliphatic rings. The van der Waals surface area contributed by atoms with Gasteiger partial charge in [-0.15, -0.1) is 0 Å². The summed E-state index contributed by atoms with van der Waals surface area (Å²) < 4.78 is 11.8. The highest BCUT2D eigenvalue weighted by molar-refractivity contribution is 9.10. The van der Waals surface area contributed by atoms with Gasteiger partial charge in [0, 0.05) is 17.9 Å². The molecule has 0 bridgehead atoms. The highest BCUT2D eigenvalue weighted by Gasteiger charge is 2.48. The van der Waals surface area contributed by atoms with Crippen molar-refractivity contribution in [1.82, 2.24) is 4.90 Å². The minimum atomic E-state index is -0.134. The predicted molar refractivity (Wildman–Crippen MR) is 88.7 cm³/mol. The van der Waals surface area contributed by atoms with Gasteiger partial charge >= 0.3 is 0 Å². The molecule has 1 aromatic carbocycles. The summed E-state index contributed by atoms with van der Waals surface area (Å²) in [5, 5.41) is 0. The number of carbonyl (C=O) groups excluding carboxylic acids is 1. The number of ketones is 1. The van der Waals surface area contributed by atoms with Crippen LogP contribution in [0.25, 0.3) is 0 Å². The molecule has 0 saturated carbocycles. The van der Waals surface area contributed by atoms with Gasteiger partial charge in [-0.25, -0.2) is 0 Å². The number of likely N-dealkylation sites (tertiary alicyclic amines) is 1. The SMILES string of the molecule is COc1cc([C@@]23C=CC(=O)CC2N(C)CC3)cc(Br)c1OC. The number of rotatable bonds is 3. The van der Waals surface area contributed by atoms with E-state index in [9.17, 15) is 4.79 Å². The molecular weight excluding hydrogens is 346 g/mol. The monoisotopic (exact) mass is 365 g/mol. The third-order valence-corrected chi connectivity index (χ3v) is 5.53. The molecule has 3 rings (SSSR count). The molecule has 1 unspecified atom stereocenters. The lowest BCUT2D eigenvalue weighted by molar-refractivity contribution is -0.116. The lowest BCUT2D eigenvalue weighted by Crippen LogP contribution is -2.43. The molecule has 22 heavy (non-hydrogen) atoms. The fourth-order valence-electron chi connectivity index (χ4n) is 3.73. The quantitative estimate of drug-likeness (QED) is 0.825. The van der Waals surface area contributed by atoms with Crippen molar-refractivity contribution in [2.24, 2.45) is 0 Å². The summed E-state index contributed by atoms with van der Waals surface area (Å²) in [4.78, 5) is 14.1. The Bertz CT molecular complexity index is 643. The second-order valence-electron chi connectivity index (χ2n) is 5.98. The largest absolute Gasteiger partial charge is 0.493 e. The van der Waals surface area contributed by atoms with Crippen molar-refractivity contribution in [2.45, 2.75) is 24.3 Å². The molecule has 1 aliphatic carbocycles. The number of benzene rings is 1. The number of ether oxygens (including phenoxy) is 2. The fourth-order valence-corrected chi connectivity index (χ4v) is 4.33. The molecule has 1 fully saturated rings. The van der Waals surface area contributed by atoms with E-state index in [1.165, 1.54) is 0 Å². The maximum absolute atomic E-state index is 11.8. The number of likely N-dealkylation sites (N-methyl/N-ethyl adjacent to an activating group) is 1. The topological polar surface area (TPSA) is 38.8 Å². The summed E-state index contributed by atoms with van der Waals surface area (Å²) in [6.45, 7) is 0.980. The Balaban J connectivity index is 2.15. The zero-order chi connectivity index (χ0) is 15.9. The number of carbonyl (C=O) groups is 1. The standard InChI is InChI=1S/C17H20BrNO3/c1-19-7-6-17(5-4-12(20)10-15(17)19)11-8-13(18)16(22-3)14(9-11)21-2/h4-5,8-9,15H,6-7,10H2,1-3H3/t15?,17-/m0/s1. The number of hydrogen-bond donors (Lipinski definition) is 0. The molecule has 1 aliphatic heterocycles. The second kappa shape index (κ2) is 5.70. The van der Waals surface area contributed by atoms with Crippen LogP contribution in [-0.2, 0) is 10.2 Å². The third-order valence-electron chi connectivity index (χ3n) is 4.94. The molecule has 1 heterocycles. The van der Waals surface area contributed by atoms with Gasteiger partial charge in [0.05, 0.1) is 18.7 Å². The number of methoxy groups -OCH3 is 2. The minimum Gasteiger partial charge on any atom is -0.493 e. The van der Waals surface area contributed by atoms with Crippen LogP contribution in [0.2, 0.25) is 0 Å². The van der Waals surface area contributed by atoms with Gasteiger partial charge < -0.3 is 14.4 Å². The molecule has 0 radical (unpaired) electrons. The van der Waals surface area contributed by atoms with Crippen LogP contribution < -0.4 is 9.47 Å². The molecule has 4 nitrogen and oxygen atoms in total. The number of nitrogens with zero attached hydrogens (tertiary/aromatic N) is 1. The van der Waals surface area contributed by atoms with Crippen LogP contribution in [0.5, 0.6) is 11.5 Å². The molecule has 0 spiro atoms. The Kier molecular flexibility index (Phi) is 4.03. The minimum absolute atomic E-state index is 0.134. The van der Waals surface area contributed by atoms with Crippen LogP contribution >= 0.6 is 15.9 Å². The van der Waals surface area contributed by atoms with E-state index in [0.29, 0.717) is 17.9 Å². The van der Waals surface area contributed by atoms with Crippen LogP contribution in [-0.4, -0.2) is 44.5 Å². The van der Waals surface area contributed by atoms with Gasteiger partial charge in [0.2, 0.25) is 0 Å². The first-order valence-electron chi connectivity index (χ1n) is 7.36. The summed E-state index contributed by atoms with van der Waals surface area (Å²) in [7, 11) is 5.37. The van der Waals surface area contributed by atoms with Crippen molar-refractivity contribution in [3.05, 3.63) is 34.3 Å².